The van der Waals surface area contributed by atoms with Crippen molar-refractivity contribution in [1.29, 1.82) is 0 Å². The van der Waals surface area contributed by atoms with E-state index in [1.54, 1.807) is 12.1 Å². The van der Waals surface area contributed by atoms with Crippen molar-refractivity contribution in [3.63, 3.8) is 0 Å². The van der Waals surface area contributed by atoms with E-state index >= 15 is 0 Å². The second-order valence-corrected chi connectivity index (χ2v) is 4.95. The fraction of sp³-hybridized carbons (Fsp3) is 0.688. The number of ether oxygens (including phenoxy) is 1. The van der Waals surface area contributed by atoms with Gasteiger partial charge < -0.3 is 9.15 Å². The lowest BCUT2D eigenvalue weighted by atomic mass is 10.1. The van der Waals surface area contributed by atoms with Gasteiger partial charge in [-0.2, -0.15) is 0 Å². The van der Waals surface area contributed by atoms with Crippen LogP contribution in [-0.4, -0.2) is 12.9 Å². The summed E-state index contributed by atoms with van der Waals surface area (Å²) in [6, 6.07) is 3.46. The van der Waals surface area contributed by atoms with E-state index < -0.39 is 0 Å². The highest BCUT2D eigenvalue weighted by molar-refractivity contribution is 5.70. The first-order chi connectivity index (χ1) is 9.36. The topological polar surface area (TPSA) is 39.4 Å². The second kappa shape index (κ2) is 10.8. The Balaban J connectivity index is 1.87. The summed E-state index contributed by atoms with van der Waals surface area (Å²) in [7, 11) is 0. The molecule has 0 radical (unpaired) electrons. The zero-order valence-corrected chi connectivity index (χ0v) is 12.0. The van der Waals surface area contributed by atoms with Gasteiger partial charge in [0, 0.05) is 6.61 Å². The number of hydrogen-bond acceptors (Lipinski definition) is 3. The van der Waals surface area contributed by atoms with E-state index in [0.717, 1.165) is 18.8 Å². The van der Waals surface area contributed by atoms with E-state index in [2.05, 4.69) is 6.92 Å². The predicted octanol–water partition coefficient (Wildman–Crippen LogP) is 4.75. The van der Waals surface area contributed by atoms with Crippen molar-refractivity contribution in [2.75, 3.05) is 6.61 Å². The maximum Gasteiger partial charge on any atom is 0.185 e. The number of unbranched alkanes of at least 4 members (excludes halogenated alkanes) is 7. The van der Waals surface area contributed by atoms with Gasteiger partial charge >= 0.3 is 0 Å². The zero-order chi connectivity index (χ0) is 13.8. The number of carbonyl (C=O) groups is 1. The monoisotopic (exact) mass is 266 g/mol. The van der Waals surface area contributed by atoms with Crippen molar-refractivity contribution < 1.29 is 13.9 Å². The minimum absolute atomic E-state index is 0.366. The quantitative estimate of drug-likeness (QED) is 0.405. The van der Waals surface area contributed by atoms with Gasteiger partial charge in [-0.05, 0) is 18.6 Å². The first kappa shape index (κ1) is 16.0. The molecular formula is C16H26O3. The highest BCUT2D eigenvalue weighted by atomic mass is 16.5. The van der Waals surface area contributed by atoms with Crippen LogP contribution in [0.1, 0.15) is 74.6 Å². The van der Waals surface area contributed by atoms with Crippen LogP contribution in [0, 0.1) is 0 Å². The van der Waals surface area contributed by atoms with Crippen LogP contribution in [-0.2, 0) is 11.3 Å². The van der Waals surface area contributed by atoms with E-state index in [-0.39, 0.29) is 0 Å². The van der Waals surface area contributed by atoms with E-state index in [1.165, 1.54) is 44.9 Å². The van der Waals surface area contributed by atoms with Gasteiger partial charge in [0.1, 0.15) is 12.4 Å². The van der Waals surface area contributed by atoms with Gasteiger partial charge in [-0.25, -0.2) is 0 Å². The molecule has 0 saturated carbocycles. The van der Waals surface area contributed by atoms with Crippen LogP contribution in [0.25, 0.3) is 0 Å². The van der Waals surface area contributed by atoms with Gasteiger partial charge in [0.15, 0.2) is 12.0 Å². The molecule has 0 aliphatic carbocycles. The third-order valence-corrected chi connectivity index (χ3v) is 3.19. The van der Waals surface area contributed by atoms with Crippen LogP contribution in [0.15, 0.2) is 16.5 Å². The first-order valence-electron chi connectivity index (χ1n) is 7.48. The summed E-state index contributed by atoms with van der Waals surface area (Å²) in [6.07, 6.45) is 11.1. The lowest BCUT2D eigenvalue weighted by Crippen LogP contribution is -1.94. The molecule has 3 nitrogen and oxygen atoms in total. The maximum absolute atomic E-state index is 10.4. The molecule has 0 amide bonds. The van der Waals surface area contributed by atoms with Crippen molar-refractivity contribution in [2.24, 2.45) is 0 Å². The predicted molar refractivity (Wildman–Crippen MR) is 76.4 cm³/mol. The molecule has 1 rings (SSSR count). The van der Waals surface area contributed by atoms with Crippen LogP contribution < -0.4 is 0 Å². The summed E-state index contributed by atoms with van der Waals surface area (Å²) in [5, 5.41) is 0. The maximum atomic E-state index is 10.4. The Labute approximate surface area is 116 Å². The fourth-order valence-electron chi connectivity index (χ4n) is 2.05. The smallest absolute Gasteiger partial charge is 0.185 e. The summed E-state index contributed by atoms with van der Waals surface area (Å²) < 4.78 is 10.7. The minimum Gasteiger partial charge on any atom is -0.456 e. The van der Waals surface area contributed by atoms with E-state index in [9.17, 15) is 4.79 Å². The number of aldehydes is 1. The van der Waals surface area contributed by atoms with Gasteiger partial charge in [-0.1, -0.05) is 51.9 Å². The molecule has 1 aromatic heterocycles. The van der Waals surface area contributed by atoms with Gasteiger partial charge in [-0.3, -0.25) is 4.79 Å². The zero-order valence-electron chi connectivity index (χ0n) is 12.0. The average molecular weight is 266 g/mol. The van der Waals surface area contributed by atoms with Crippen molar-refractivity contribution >= 4 is 6.29 Å². The summed E-state index contributed by atoms with van der Waals surface area (Å²) in [4.78, 5) is 10.4. The average Bonchev–Trinajstić information content (AvgIpc) is 2.89. The molecule has 0 aliphatic heterocycles. The molecule has 108 valence electrons. The number of hydrogen-bond donors (Lipinski definition) is 0. The van der Waals surface area contributed by atoms with Gasteiger partial charge in [-0.15, -0.1) is 0 Å². The summed E-state index contributed by atoms with van der Waals surface area (Å²) in [6.45, 7) is 3.48. The molecular weight excluding hydrogens is 240 g/mol. The Bertz CT molecular complexity index is 330. The fourth-order valence-corrected chi connectivity index (χ4v) is 2.05. The molecule has 1 heterocycles. The molecule has 0 N–H and O–H groups in total. The largest absolute Gasteiger partial charge is 0.456 e. The Kier molecular flexibility index (Phi) is 9.07. The summed E-state index contributed by atoms with van der Waals surface area (Å²) >= 11 is 0. The highest BCUT2D eigenvalue weighted by Gasteiger charge is 2.00. The lowest BCUT2D eigenvalue weighted by molar-refractivity contribution is 0.0986. The van der Waals surface area contributed by atoms with Crippen LogP contribution in [0.3, 0.4) is 0 Å². The molecule has 0 saturated heterocycles. The highest BCUT2D eigenvalue weighted by Crippen LogP contribution is 2.10. The molecule has 19 heavy (non-hydrogen) atoms. The molecule has 0 unspecified atom stereocenters. The van der Waals surface area contributed by atoms with Crippen molar-refractivity contribution in [2.45, 2.75) is 64.9 Å². The normalized spacial score (nSPS) is 10.8. The van der Waals surface area contributed by atoms with Gasteiger partial charge in [0.25, 0.3) is 0 Å². The van der Waals surface area contributed by atoms with E-state index in [4.69, 9.17) is 9.15 Å². The van der Waals surface area contributed by atoms with Crippen LogP contribution in [0.4, 0.5) is 0 Å². The molecule has 0 atom stereocenters. The van der Waals surface area contributed by atoms with E-state index in [0.29, 0.717) is 18.7 Å². The molecule has 1 aromatic rings. The Morgan fingerprint density at radius 2 is 1.74 bits per heavy atom. The van der Waals surface area contributed by atoms with Crippen molar-refractivity contribution in [1.82, 2.24) is 0 Å². The first-order valence-corrected chi connectivity index (χ1v) is 7.48. The van der Waals surface area contributed by atoms with Gasteiger partial charge in [0.2, 0.25) is 0 Å². The molecule has 0 fully saturated rings. The van der Waals surface area contributed by atoms with Crippen molar-refractivity contribution in [3.05, 3.63) is 23.7 Å². The van der Waals surface area contributed by atoms with E-state index in [1.807, 2.05) is 0 Å². The molecule has 3 heteroatoms. The molecule has 0 aliphatic rings. The van der Waals surface area contributed by atoms with Crippen LogP contribution >= 0.6 is 0 Å². The Morgan fingerprint density at radius 3 is 2.37 bits per heavy atom. The van der Waals surface area contributed by atoms with Crippen LogP contribution in [0.2, 0.25) is 0 Å². The third-order valence-electron chi connectivity index (χ3n) is 3.19. The number of carbonyl (C=O) groups excluding carboxylic acids is 1. The molecule has 0 aromatic carbocycles. The standard InChI is InChI=1S/C16H26O3/c1-2-3-4-5-6-7-8-9-12-18-14-16-11-10-15(13-17)19-16/h10-11,13H,2-9,12,14H2,1H3. The summed E-state index contributed by atoms with van der Waals surface area (Å²) in [5.41, 5.74) is 0. The van der Waals surface area contributed by atoms with Crippen molar-refractivity contribution in [3.8, 4) is 0 Å². The van der Waals surface area contributed by atoms with Crippen LogP contribution in [0.5, 0.6) is 0 Å². The molecule has 0 spiro atoms. The summed E-state index contributed by atoms with van der Waals surface area (Å²) in [5.74, 6) is 1.09. The SMILES string of the molecule is CCCCCCCCCCOCc1ccc(C=O)o1. The lowest BCUT2D eigenvalue weighted by Gasteiger charge is -2.03. The van der Waals surface area contributed by atoms with Gasteiger partial charge in [0.05, 0.1) is 0 Å². The minimum atomic E-state index is 0.366. The second-order valence-electron chi connectivity index (χ2n) is 4.95. The Hall–Kier alpha value is -1.09. The molecule has 0 bridgehead atoms. The number of rotatable bonds is 12. The Morgan fingerprint density at radius 1 is 1.05 bits per heavy atom. The third kappa shape index (κ3) is 7.83. The number of furan rings is 1.